The number of pyridine rings is 1. The zero-order valence-electron chi connectivity index (χ0n) is 7.90. The molecule has 1 aromatic rings. The van der Waals surface area contributed by atoms with Crippen molar-refractivity contribution >= 4 is 23.6 Å². The van der Waals surface area contributed by atoms with Gasteiger partial charge in [-0.2, -0.15) is 5.26 Å². The lowest BCUT2D eigenvalue weighted by Crippen LogP contribution is -1.93. The number of methoxy groups -OCH3 is 1. The zero-order chi connectivity index (χ0) is 11.3. The highest BCUT2D eigenvalue weighted by molar-refractivity contribution is 6.30. The van der Waals surface area contributed by atoms with Gasteiger partial charge in [0.15, 0.2) is 0 Å². The van der Waals surface area contributed by atoms with Crippen LogP contribution in [0.3, 0.4) is 0 Å². The summed E-state index contributed by atoms with van der Waals surface area (Å²) in [4.78, 5) is 14.6. The van der Waals surface area contributed by atoms with Crippen molar-refractivity contribution in [3.8, 4) is 6.07 Å². The molecule has 0 spiro atoms. The van der Waals surface area contributed by atoms with Crippen molar-refractivity contribution in [2.24, 2.45) is 0 Å². The number of hydrogen-bond donors (Lipinski definition) is 0. The molecular weight excluding hydrogens is 216 g/mol. The number of hydrogen-bond acceptors (Lipinski definition) is 4. The number of carbonyl (C=O) groups excluding carboxylic acids is 1. The monoisotopic (exact) mass is 222 g/mol. The summed E-state index contributed by atoms with van der Waals surface area (Å²) in [7, 11) is 1.29. The molecule has 1 heterocycles. The molecule has 1 aromatic heterocycles. The highest BCUT2D eigenvalue weighted by atomic mass is 35.5. The maximum Gasteiger partial charge on any atom is 0.330 e. The Morgan fingerprint density at radius 3 is 3.07 bits per heavy atom. The first-order valence-electron chi connectivity index (χ1n) is 3.99. The molecule has 0 fully saturated rings. The Balaban J connectivity index is 2.94. The number of halogens is 1. The van der Waals surface area contributed by atoms with Gasteiger partial charge < -0.3 is 4.74 Å². The maximum absolute atomic E-state index is 10.8. The second kappa shape index (κ2) is 5.13. The Hall–Kier alpha value is -1.86. The Morgan fingerprint density at radius 1 is 1.73 bits per heavy atom. The van der Waals surface area contributed by atoms with Gasteiger partial charge in [0.1, 0.15) is 11.2 Å². The molecule has 0 saturated heterocycles. The fraction of sp³-hybridized carbons (Fsp3) is 0.100. The molecule has 0 unspecified atom stereocenters. The van der Waals surface area contributed by atoms with Crippen molar-refractivity contribution in [1.82, 2.24) is 4.98 Å². The molecule has 0 atom stereocenters. The molecule has 0 amide bonds. The Morgan fingerprint density at radius 2 is 2.47 bits per heavy atom. The van der Waals surface area contributed by atoms with E-state index in [1.165, 1.54) is 31.5 Å². The second-order valence-corrected chi connectivity index (χ2v) is 2.93. The van der Waals surface area contributed by atoms with Crippen molar-refractivity contribution in [3.05, 3.63) is 34.6 Å². The Kier molecular flexibility index (Phi) is 3.83. The number of nitriles is 1. The predicted octanol–water partition coefficient (Wildman–Crippen LogP) is 1.79. The van der Waals surface area contributed by atoms with Gasteiger partial charge >= 0.3 is 5.97 Å². The van der Waals surface area contributed by atoms with Crippen LogP contribution in [0.2, 0.25) is 5.15 Å². The van der Waals surface area contributed by atoms with Crippen LogP contribution in [0.25, 0.3) is 6.08 Å². The van der Waals surface area contributed by atoms with Crippen LogP contribution < -0.4 is 0 Å². The summed E-state index contributed by atoms with van der Waals surface area (Å²) in [6.07, 6.45) is 4.20. The summed E-state index contributed by atoms with van der Waals surface area (Å²) in [5.41, 5.74) is 0.880. The number of ether oxygens (including phenoxy) is 1. The Bertz CT molecular complexity index is 449. The minimum absolute atomic E-state index is 0.146. The minimum Gasteiger partial charge on any atom is -0.466 e. The van der Waals surface area contributed by atoms with E-state index in [1.54, 1.807) is 0 Å². The molecule has 15 heavy (non-hydrogen) atoms. The van der Waals surface area contributed by atoms with Crippen LogP contribution in [-0.4, -0.2) is 18.1 Å². The largest absolute Gasteiger partial charge is 0.466 e. The molecular formula is C10H7ClN2O2. The molecule has 4 nitrogen and oxygen atoms in total. The van der Waals surface area contributed by atoms with E-state index in [4.69, 9.17) is 16.9 Å². The summed E-state index contributed by atoms with van der Waals surface area (Å²) in [6, 6.07) is 3.43. The third-order valence-corrected chi connectivity index (χ3v) is 1.89. The molecule has 0 aliphatic carbocycles. The highest BCUT2D eigenvalue weighted by Gasteiger charge is 2.00. The molecule has 1 rings (SSSR count). The van der Waals surface area contributed by atoms with Crippen LogP contribution >= 0.6 is 11.6 Å². The van der Waals surface area contributed by atoms with E-state index < -0.39 is 5.97 Å². The molecule has 5 heteroatoms. The lowest BCUT2D eigenvalue weighted by Gasteiger charge is -1.96. The van der Waals surface area contributed by atoms with E-state index in [0.717, 1.165) is 0 Å². The fourth-order valence-corrected chi connectivity index (χ4v) is 1.01. The van der Waals surface area contributed by atoms with Gasteiger partial charge in [0.2, 0.25) is 0 Å². The van der Waals surface area contributed by atoms with Crippen LogP contribution in [0, 0.1) is 11.3 Å². The van der Waals surface area contributed by atoms with Gasteiger partial charge in [-0.25, -0.2) is 9.78 Å². The standard InChI is InChI=1S/C10H7ClN2O2/c1-15-9(14)3-2-7-4-8(5-12)10(11)13-6-7/h2-4,6H,1H3. The normalized spacial score (nSPS) is 9.93. The first-order valence-corrected chi connectivity index (χ1v) is 4.37. The van der Waals surface area contributed by atoms with E-state index in [1.807, 2.05) is 6.07 Å². The molecule has 0 aliphatic heterocycles. The first-order chi connectivity index (χ1) is 7.17. The average Bonchev–Trinajstić information content (AvgIpc) is 2.27. The maximum atomic E-state index is 10.8. The third kappa shape index (κ3) is 3.08. The van der Waals surface area contributed by atoms with E-state index in [-0.39, 0.29) is 10.7 Å². The Labute approximate surface area is 91.8 Å². The predicted molar refractivity (Wildman–Crippen MR) is 55.0 cm³/mol. The summed E-state index contributed by atoms with van der Waals surface area (Å²) in [5.74, 6) is -0.469. The highest BCUT2D eigenvalue weighted by Crippen LogP contribution is 2.13. The first kappa shape index (κ1) is 11.2. The molecule has 0 N–H and O–H groups in total. The molecule has 0 bridgehead atoms. The van der Waals surface area contributed by atoms with Crippen LogP contribution in [0.15, 0.2) is 18.3 Å². The number of carbonyl (C=O) groups is 1. The van der Waals surface area contributed by atoms with E-state index in [9.17, 15) is 4.79 Å². The SMILES string of the molecule is COC(=O)C=Cc1cnc(Cl)c(C#N)c1. The number of nitrogens with zero attached hydrogens (tertiary/aromatic N) is 2. The molecule has 0 aliphatic rings. The third-order valence-electron chi connectivity index (χ3n) is 1.59. The minimum atomic E-state index is -0.469. The van der Waals surface area contributed by atoms with Crippen molar-refractivity contribution in [2.75, 3.05) is 7.11 Å². The van der Waals surface area contributed by atoms with Crippen molar-refractivity contribution in [3.63, 3.8) is 0 Å². The van der Waals surface area contributed by atoms with Gasteiger partial charge in [0, 0.05) is 12.3 Å². The molecule has 0 saturated carbocycles. The zero-order valence-corrected chi connectivity index (χ0v) is 8.65. The lowest BCUT2D eigenvalue weighted by molar-refractivity contribution is -0.134. The van der Waals surface area contributed by atoms with E-state index in [0.29, 0.717) is 5.56 Å². The van der Waals surface area contributed by atoms with Crippen LogP contribution in [0.1, 0.15) is 11.1 Å². The second-order valence-electron chi connectivity index (χ2n) is 2.58. The van der Waals surface area contributed by atoms with Gasteiger partial charge in [-0.1, -0.05) is 11.6 Å². The topological polar surface area (TPSA) is 63.0 Å². The van der Waals surface area contributed by atoms with Gasteiger partial charge in [-0.3, -0.25) is 0 Å². The molecule has 0 radical (unpaired) electrons. The van der Waals surface area contributed by atoms with Crippen molar-refractivity contribution in [2.45, 2.75) is 0 Å². The quantitative estimate of drug-likeness (QED) is 0.435. The lowest BCUT2D eigenvalue weighted by atomic mass is 10.2. The van der Waals surface area contributed by atoms with E-state index in [2.05, 4.69) is 9.72 Å². The van der Waals surface area contributed by atoms with Crippen LogP contribution in [0.4, 0.5) is 0 Å². The molecule has 76 valence electrons. The fourth-order valence-electron chi connectivity index (χ4n) is 0.866. The van der Waals surface area contributed by atoms with Crippen LogP contribution in [0.5, 0.6) is 0 Å². The van der Waals surface area contributed by atoms with Crippen molar-refractivity contribution in [1.29, 1.82) is 5.26 Å². The summed E-state index contributed by atoms with van der Waals surface area (Å²) in [6.45, 7) is 0. The smallest absolute Gasteiger partial charge is 0.330 e. The van der Waals surface area contributed by atoms with Gasteiger partial charge in [0.25, 0.3) is 0 Å². The summed E-state index contributed by atoms with van der Waals surface area (Å²) < 4.78 is 4.42. The number of rotatable bonds is 2. The van der Waals surface area contributed by atoms with Gasteiger partial charge in [0.05, 0.1) is 12.7 Å². The summed E-state index contributed by atoms with van der Waals surface area (Å²) in [5, 5.41) is 8.82. The summed E-state index contributed by atoms with van der Waals surface area (Å²) >= 11 is 5.64. The van der Waals surface area contributed by atoms with Gasteiger partial charge in [-0.15, -0.1) is 0 Å². The number of aromatic nitrogens is 1. The molecule has 0 aromatic carbocycles. The van der Waals surface area contributed by atoms with Gasteiger partial charge in [-0.05, 0) is 17.7 Å². The average molecular weight is 223 g/mol. The number of esters is 1. The van der Waals surface area contributed by atoms with Crippen molar-refractivity contribution < 1.29 is 9.53 Å². The van der Waals surface area contributed by atoms with E-state index >= 15 is 0 Å². The van der Waals surface area contributed by atoms with Crippen LogP contribution in [-0.2, 0) is 9.53 Å².